The van der Waals surface area contributed by atoms with Gasteiger partial charge in [0.25, 0.3) is 0 Å². The topological polar surface area (TPSA) is 69.0 Å². The van der Waals surface area contributed by atoms with Crippen molar-refractivity contribution in [2.75, 3.05) is 6.54 Å². The molecule has 2 bridgehead atoms. The average Bonchev–Trinajstić information content (AvgIpc) is 3.29. The number of aromatic nitrogens is 3. The first-order valence-corrected chi connectivity index (χ1v) is 12.7. The number of amides is 1. The van der Waals surface area contributed by atoms with E-state index in [2.05, 4.69) is 15.5 Å². The second kappa shape index (κ2) is 9.67. The molecule has 3 aliphatic rings. The standard InChI is InChI=1S/C27H28ClF3N4O2/c1-35-22(19-7-3-4-8-20(19)27(29,30)31)33-34-23(35)26-13-10-25(11-14-26,12-15-26)17-32-24(36)37-16-18-6-2-5-9-21(18)28/h2-9H,10-17H2,1H3,(H,32,36). The summed E-state index contributed by atoms with van der Waals surface area (Å²) >= 11 is 6.12. The third-order valence-electron chi connectivity index (χ3n) is 8.15. The Morgan fingerprint density at radius 2 is 1.68 bits per heavy atom. The summed E-state index contributed by atoms with van der Waals surface area (Å²) in [5, 5.41) is 12.1. The van der Waals surface area contributed by atoms with E-state index in [9.17, 15) is 18.0 Å². The van der Waals surface area contributed by atoms with Crippen molar-refractivity contribution in [3.63, 3.8) is 0 Å². The summed E-state index contributed by atoms with van der Waals surface area (Å²) in [4.78, 5) is 12.3. The van der Waals surface area contributed by atoms with Gasteiger partial charge in [-0.05, 0) is 56.1 Å². The first-order valence-electron chi connectivity index (χ1n) is 12.3. The molecule has 0 spiro atoms. The van der Waals surface area contributed by atoms with Crippen LogP contribution in [0.4, 0.5) is 18.0 Å². The molecular formula is C27H28ClF3N4O2. The molecule has 0 aliphatic heterocycles. The zero-order valence-electron chi connectivity index (χ0n) is 20.4. The van der Waals surface area contributed by atoms with Crippen LogP contribution in [0.3, 0.4) is 0 Å². The largest absolute Gasteiger partial charge is 0.445 e. The lowest BCUT2D eigenvalue weighted by Gasteiger charge is -2.52. The minimum atomic E-state index is -4.47. The van der Waals surface area contributed by atoms with Gasteiger partial charge in [0, 0.05) is 35.2 Å². The summed E-state index contributed by atoms with van der Waals surface area (Å²) in [7, 11) is 1.75. The zero-order chi connectivity index (χ0) is 26.3. The molecule has 3 aromatic rings. The van der Waals surface area contributed by atoms with Crippen molar-refractivity contribution in [1.29, 1.82) is 0 Å². The predicted octanol–water partition coefficient (Wildman–Crippen LogP) is 6.67. The lowest BCUT2D eigenvalue weighted by molar-refractivity contribution is -0.137. The fourth-order valence-corrected chi connectivity index (χ4v) is 6.07. The molecule has 1 heterocycles. The Hall–Kier alpha value is -3.07. The van der Waals surface area contributed by atoms with Crippen molar-refractivity contribution < 1.29 is 22.7 Å². The zero-order valence-corrected chi connectivity index (χ0v) is 21.2. The van der Waals surface area contributed by atoms with Gasteiger partial charge in [-0.2, -0.15) is 13.2 Å². The Morgan fingerprint density at radius 1 is 1.03 bits per heavy atom. The molecule has 10 heteroatoms. The molecule has 196 valence electrons. The van der Waals surface area contributed by atoms with Gasteiger partial charge in [0.15, 0.2) is 5.82 Å². The SMILES string of the molecule is Cn1c(-c2ccccc2C(F)(F)F)nnc1C12CCC(CNC(=O)OCc3ccccc3Cl)(CC1)CC2. The third-order valence-corrected chi connectivity index (χ3v) is 8.52. The molecule has 3 aliphatic carbocycles. The number of carbonyl (C=O) groups is 1. The molecule has 37 heavy (non-hydrogen) atoms. The molecule has 2 aromatic carbocycles. The number of nitrogens with one attached hydrogen (secondary N) is 1. The number of rotatable bonds is 6. The molecule has 0 atom stereocenters. The van der Waals surface area contributed by atoms with Crippen LogP contribution >= 0.6 is 11.6 Å². The Kier molecular flexibility index (Phi) is 6.68. The van der Waals surface area contributed by atoms with Gasteiger partial charge in [-0.15, -0.1) is 10.2 Å². The molecule has 1 N–H and O–H groups in total. The summed E-state index contributed by atoms with van der Waals surface area (Å²) in [6.07, 6.45) is 0.246. The van der Waals surface area contributed by atoms with E-state index in [0.29, 0.717) is 11.6 Å². The molecule has 3 fully saturated rings. The van der Waals surface area contributed by atoms with Crippen molar-refractivity contribution in [3.05, 3.63) is 70.5 Å². The van der Waals surface area contributed by atoms with Gasteiger partial charge in [0.1, 0.15) is 12.4 Å². The van der Waals surface area contributed by atoms with E-state index in [1.807, 2.05) is 18.2 Å². The highest BCUT2D eigenvalue weighted by Crippen LogP contribution is 2.57. The maximum absolute atomic E-state index is 13.6. The third kappa shape index (κ3) is 4.93. The number of benzene rings is 2. The number of fused-ring (bicyclic) bond motifs is 3. The van der Waals surface area contributed by atoms with E-state index in [4.69, 9.17) is 16.3 Å². The minimum Gasteiger partial charge on any atom is -0.445 e. The van der Waals surface area contributed by atoms with Crippen LogP contribution in [0.1, 0.15) is 55.5 Å². The summed E-state index contributed by atoms with van der Waals surface area (Å²) in [6, 6.07) is 12.7. The Balaban J connectivity index is 1.24. The van der Waals surface area contributed by atoms with Crippen LogP contribution in [-0.4, -0.2) is 27.4 Å². The van der Waals surface area contributed by atoms with Gasteiger partial charge in [-0.3, -0.25) is 0 Å². The Morgan fingerprint density at radius 3 is 2.35 bits per heavy atom. The molecule has 1 amide bonds. The number of alkyl halides is 3. The Labute approximate surface area is 218 Å². The molecule has 6 nitrogen and oxygen atoms in total. The summed E-state index contributed by atoms with van der Waals surface area (Å²) in [5.74, 6) is 0.961. The van der Waals surface area contributed by atoms with Crippen molar-refractivity contribution in [3.8, 4) is 11.4 Å². The molecule has 0 radical (unpaired) electrons. The molecular weight excluding hydrogens is 505 g/mol. The number of alkyl carbamates (subject to hydrolysis) is 1. The number of carbonyl (C=O) groups excluding carboxylic acids is 1. The lowest BCUT2D eigenvalue weighted by atomic mass is 9.53. The summed E-state index contributed by atoms with van der Waals surface area (Å²) < 4.78 is 47.9. The van der Waals surface area contributed by atoms with Crippen LogP contribution in [0.15, 0.2) is 48.5 Å². The van der Waals surface area contributed by atoms with Crippen LogP contribution in [-0.2, 0) is 30.0 Å². The quantitative estimate of drug-likeness (QED) is 0.385. The van der Waals surface area contributed by atoms with Crippen LogP contribution in [0.5, 0.6) is 0 Å². The smallest absolute Gasteiger partial charge is 0.417 e. The fourth-order valence-electron chi connectivity index (χ4n) is 5.88. The maximum atomic E-state index is 13.6. The minimum absolute atomic E-state index is 0.0184. The number of halogens is 4. The first-order chi connectivity index (χ1) is 17.6. The predicted molar refractivity (Wildman–Crippen MR) is 133 cm³/mol. The van der Waals surface area contributed by atoms with Crippen molar-refractivity contribution >= 4 is 17.7 Å². The number of hydrogen-bond acceptors (Lipinski definition) is 4. The number of nitrogens with zero attached hydrogens (tertiary/aromatic N) is 3. The average molecular weight is 533 g/mol. The van der Waals surface area contributed by atoms with Gasteiger partial charge in [-0.1, -0.05) is 48.0 Å². The van der Waals surface area contributed by atoms with Crippen molar-refractivity contribution in [2.45, 2.75) is 56.7 Å². The van der Waals surface area contributed by atoms with Crippen molar-refractivity contribution in [2.24, 2.45) is 12.5 Å². The summed E-state index contributed by atoms with van der Waals surface area (Å²) in [6.45, 7) is 0.626. The van der Waals surface area contributed by atoms with Crippen LogP contribution in [0, 0.1) is 5.41 Å². The van der Waals surface area contributed by atoms with E-state index in [1.54, 1.807) is 23.7 Å². The van der Waals surface area contributed by atoms with Gasteiger partial charge < -0.3 is 14.6 Å². The number of ether oxygens (including phenoxy) is 1. The van der Waals surface area contributed by atoms with E-state index in [1.165, 1.54) is 12.1 Å². The molecule has 3 saturated carbocycles. The second-order valence-corrected chi connectivity index (χ2v) is 10.7. The monoisotopic (exact) mass is 532 g/mol. The van der Waals surface area contributed by atoms with Gasteiger partial charge >= 0.3 is 12.3 Å². The molecule has 1 aromatic heterocycles. The van der Waals surface area contributed by atoms with Crippen LogP contribution in [0.25, 0.3) is 11.4 Å². The fraction of sp³-hybridized carbons (Fsp3) is 0.444. The van der Waals surface area contributed by atoms with E-state index >= 15 is 0 Å². The lowest BCUT2D eigenvalue weighted by Crippen LogP contribution is -2.50. The highest BCUT2D eigenvalue weighted by molar-refractivity contribution is 6.31. The van der Waals surface area contributed by atoms with E-state index in [0.717, 1.165) is 56.0 Å². The highest BCUT2D eigenvalue weighted by Gasteiger charge is 2.51. The van der Waals surface area contributed by atoms with Gasteiger partial charge in [0.2, 0.25) is 0 Å². The van der Waals surface area contributed by atoms with Crippen LogP contribution < -0.4 is 5.32 Å². The summed E-state index contributed by atoms with van der Waals surface area (Å²) in [5.41, 5.74) is -0.172. The van der Waals surface area contributed by atoms with E-state index in [-0.39, 0.29) is 28.8 Å². The Bertz CT molecular complexity index is 1280. The maximum Gasteiger partial charge on any atom is 0.417 e. The second-order valence-electron chi connectivity index (χ2n) is 10.3. The van der Waals surface area contributed by atoms with Gasteiger partial charge in [0.05, 0.1) is 5.56 Å². The van der Waals surface area contributed by atoms with Crippen molar-refractivity contribution in [1.82, 2.24) is 20.1 Å². The van der Waals surface area contributed by atoms with Crippen LogP contribution in [0.2, 0.25) is 5.02 Å². The number of hydrogen-bond donors (Lipinski definition) is 1. The molecule has 6 rings (SSSR count). The van der Waals surface area contributed by atoms with Gasteiger partial charge in [-0.25, -0.2) is 4.79 Å². The molecule has 0 unspecified atom stereocenters. The molecule has 0 saturated heterocycles. The first kappa shape index (κ1) is 25.6. The highest BCUT2D eigenvalue weighted by atomic mass is 35.5. The van der Waals surface area contributed by atoms with E-state index < -0.39 is 17.8 Å². The normalized spacial score (nSPS) is 23.2.